The van der Waals surface area contributed by atoms with E-state index in [1.54, 1.807) is 11.1 Å². The first-order valence-electron chi connectivity index (χ1n) is 18.2. The Morgan fingerprint density at radius 1 is 0.488 bits per heavy atom. The van der Waals surface area contributed by atoms with E-state index in [0.29, 0.717) is 11.8 Å². The van der Waals surface area contributed by atoms with E-state index in [4.69, 9.17) is 0 Å². The molecule has 0 spiro atoms. The predicted molar refractivity (Wildman–Crippen MR) is 187 cm³/mol. The van der Waals surface area contributed by atoms with Crippen molar-refractivity contribution in [3.05, 3.63) is 58.7 Å². The number of anilines is 2. The molecule has 4 bridgehead atoms. The number of benzene rings is 2. The van der Waals surface area contributed by atoms with Crippen molar-refractivity contribution < 1.29 is 0 Å². The summed E-state index contributed by atoms with van der Waals surface area (Å²) < 4.78 is 0. The van der Waals surface area contributed by atoms with Gasteiger partial charge in [-0.15, -0.1) is 0 Å². The van der Waals surface area contributed by atoms with Gasteiger partial charge in [0.05, 0.1) is 0 Å². The standard InChI is InChI=1S/C42H63N/c1-25-11-29-15-27(3)39(31(13-25)17-29)33-19-34(40-28(4)16-30-12-26(2)14-32(40)18-30)21-37(20-33)43-38-23-35(41(5,6)7)22-36(24-38)42(8,9)10/h19-32,39-40,43H,11-18H2,1-10H3. The highest BCUT2D eigenvalue weighted by molar-refractivity contribution is 5.64. The third-order valence-electron chi connectivity index (χ3n) is 12.5. The maximum Gasteiger partial charge on any atom is 0.0390 e. The molecule has 0 heterocycles. The van der Waals surface area contributed by atoms with E-state index in [0.717, 1.165) is 47.3 Å². The van der Waals surface area contributed by atoms with Crippen LogP contribution in [0.25, 0.3) is 0 Å². The molecule has 0 aromatic heterocycles. The number of rotatable bonds is 4. The average molecular weight is 582 g/mol. The predicted octanol–water partition coefficient (Wildman–Crippen LogP) is 12.4. The van der Waals surface area contributed by atoms with Gasteiger partial charge in [-0.05, 0) is 168 Å². The Hall–Kier alpha value is -1.76. The molecule has 4 fully saturated rings. The fourth-order valence-electron chi connectivity index (χ4n) is 10.9. The zero-order chi connectivity index (χ0) is 30.8. The van der Waals surface area contributed by atoms with Crippen molar-refractivity contribution in [1.82, 2.24) is 0 Å². The van der Waals surface area contributed by atoms with Gasteiger partial charge in [-0.2, -0.15) is 0 Å². The van der Waals surface area contributed by atoms with E-state index in [2.05, 4.69) is 111 Å². The van der Waals surface area contributed by atoms with Crippen LogP contribution in [0.2, 0.25) is 0 Å². The first-order valence-corrected chi connectivity index (χ1v) is 18.2. The number of nitrogens with one attached hydrogen (secondary N) is 1. The van der Waals surface area contributed by atoms with Crippen molar-refractivity contribution in [2.75, 3.05) is 5.32 Å². The Kier molecular flexibility index (Phi) is 8.39. The van der Waals surface area contributed by atoms with Gasteiger partial charge in [0, 0.05) is 11.4 Å². The molecule has 10 atom stereocenters. The normalized spacial score (nSPS) is 36.3. The van der Waals surface area contributed by atoms with E-state index < -0.39 is 0 Å². The summed E-state index contributed by atoms with van der Waals surface area (Å²) >= 11 is 0. The van der Waals surface area contributed by atoms with Crippen LogP contribution in [0.15, 0.2) is 36.4 Å². The summed E-state index contributed by atoms with van der Waals surface area (Å²) in [6.07, 6.45) is 11.5. The Morgan fingerprint density at radius 3 is 1.33 bits per heavy atom. The molecule has 0 amide bonds. The van der Waals surface area contributed by atoms with Crippen molar-refractivity contribution in [1.29, 1.82) is 0 Å². The van der Waals surface area contributed by atoms with Crippen molar-refractivity contribution in [2.24, 2.45) is 47.3 Å². The van der Waals surface area contributed by atoms with Gasteiger partial charge >= 0.3 is 0 Å². The maximum atomic E-state index is 4.05. The van der Waals surface area contributed by atoms with Crippen molar-refractivity contribution >= 4 is 11.4 Å². The molecule has 0 aliphatic heterocycles. The topological polar surface area (TPSA) is 12.0 Å². The summed E-state index contributed by atoms with van der Waals surface area (Å²) in [5.74, 6) is 8.32. The van der Waals surface area contributed by atoms with E-state index in [1.165, 1.54) is 73.9 Å². The van der Waals surface area contributed by atoms with Crippen LogP contribution in [0.4, 0.5) is 11.4 Å². The fraction of sp³-hybridized carbons (Fsp3) is 0.714. The van der Waals surface area contributed by atoms with Gasteiger partial charge < -0.3 is 5.32 Å². The minimum Gasteiger partial charge on any atom is -0.355 e. The molecule has 1 nitrogen and oxygen atoms in total. The Labute approximate surface area is 265 Å². The lowest BCUT2D eigenvalue weighted by molar-refractivity contribution is 0.0828. The summed E-state index contributed by atoms with van der Waals surface area (Å²) in [5, 5.41) is 4.05. The SMILES string of the molecule is CC1CC2CC(C)C(c3cc(Nc4cc(C(C)(C)C)cc(C(C)(C)C)c4)cc(C4C(C)CC5CC(C)CC4C5)c3)C(C1)C2. The lowest BCUT2D eigenvalue weighted by Crippen LogP contribution is -2.36. The molecule has 0 saturated heterocycles. The smallest absolute Gasteiger partial charge is 0.0390 e. The van der Waals surface area contributed by atoms with Crippen molar-refractivity contribution in [3.8, 4) is 0 Å². The van der Waals surface area contributed by atoms with Crippen LogP contribution in [0.5, 0.6) is 0 Å². The number of fused-ring (bicyclic) bond motifs is 4. The summed E-state index contributed by atoms with van der Waals surface area (Å²) in [4.78, 5) is 0. The minimum atomic E-state index is 0.113. The van der Waals surface area contributed by atoms with E-state index in [1.807, 2.05) is 0 Å². The quantitative estimate of drug-likeness (QED) is 0.379. The minimum absolute atomic E-state index is 0.113. The molecule has 4 aliphatic carbocycles. The second-order valence-corrected chi connectivity index (χ2v) is 18.7. The first-order chi connectivity index (χ1) is 20.1. The molecule has 236 valence electrons. The zero-order valence-electron chi connectivity index (χ0n) is 29.4. The van der Waals surface area contributed by atoms with Crippen LogP contribution in [0.3, 0.4) is 0 Å². The fourth-order valence-corrected chi connectivity index (χ4v) is 10.9. The molecular weight excluding hydrogens is 518 g/mol. The summed E-state index contributed by atoms with van der Waals surface area (Å²) in [7, 11) is 0. The highest BCUT2D eigenvalue weighted by Crippen LogP contribution is 2.55. The van der Waals surface area contributed by atoms with E-state index >= 15 is 0 Å². The van der Waals surface area contributed by atoms with E-state index in [9.17, 15) is 0 Å². The highest BCUT2D eigenvalue weighted by Gasteiger charge is 2.43. The second-order valence-electron chi connectivity index (χ2n) is 18.7. The van der Waals surface area contributed by atoms with Gasteiger partial charge in [0.1, 0.15) is 0 Å². The Bertz CT molecular complexity index is 1190. The van der Waals surface area contributed by atoms with Crippen LogP contribution < -0.4 is 5.32 Å². The Balaban J connectivity index is 1.43. The van der Waals surface area contributed by atoms with Gasteiger partial charge in [0.15, 0.2) is 0 Å². The first kappa shape index (κ1) is 31.2. The molecular formula is C42H63N. The summed E-state index contributed by atoms with van der Waals surface area (Å²) in [5.41, 5.74) is 8.94. The highest BCUT2D eigenvalue weighted by atomic mass is 14.9. The maximum absolute atomic E-state index is 4.05. The van der Waals surface area contributed by atoms with Gasteiger partial charge in [-0.25, -0.2) is 0 Å². The Morgan fingerprint density at radius 2 is 0.907 bits per heavy atom. The van der Waals surface area contributed by atoms with Crippen LogP contribution in [-0.2, 0) is 10.8 Å². The molecule has 2 aromatic rings. The molecule has 10 unspecified atom stereocenters. The molecule has 43 heavy (non-hydrogen) atoms. The van der Waals surface area contributed by atoms with Crippen molar-refractivity contribution in [2.45, 2.75) is 143 Å². The van der Waals surface area contributed by atoms with Crippen LogP contribution in [-0.4, -0.2) is 0 Å². The summed E-state index contributed by atoms with van der Waals surface area (Å²) in [6.45, 7) is 24.3. The summed E-state index contributed by atoms with van der Waals surface area (Å²) in [6, 6.07) is 15.2. The zero-order valence-corrected chi connectivity index (χ0v) is 29.4. The monoisotopic (exact) mass is 581 g/mol. The van der Waals surface area contributed by atoms with Gasteiger partial charge in [0.2, 0.25) is 0 Å². The van der Waals surface area contributed by atoms with Gasteiger partial charge in [-0.1, -0.05) is 81.4 Å². The second kappa shape index (κ2) is 11.6. The van der Waals surface area contributed by atoms with Crippen molar-refractivity contribution in [3.63, 3.8) is 0 Å². The largest absolute Gasteiger partial charge is 0.355 e. The molecule has 0 radical (unpaired) electrons. The lowest BCUT2D eigenvalue weighted by atomic mass is 9.57. The van der Waals surface area contributed by atoms with Gasteiger partial charge in [0.25, 0.3) is 0 Å². The molecule has 6 rings (SSSR count). The lowest BCUT2D eigenvalue weighted by Gasteiger charge is -2.48. The third-order valence-corrected chi connectivity index (χ3v) is 12.5. The number of hydrogen-bond acceptors (Lipinski definition) is 1. The van der Waals surface area contributed by atoms with Gasteiger partial charge in [-0.3, -0.25) is 0 Å². The molecule has 4 saturated carbocycles. The van der Waals surface area contributed by atoms with Crippen LogP contribution >= 0.6 is 0 Å². The molecule has 1 heteroatoms. The molecule has 2 aromatic carbocycles. The molecule has 4 aliphatic rings. The average Bonchev–Trinajstić information content (AvgIpc) is 2.86. The molecule has 1 N–H and O–H groups in total. The third kappa shape index (κ3) is 6.63. The number of hydrogen-bond donors (Lipinski definition) is 1. The van der Waals surface area contributed by atoms with Crippen LogP contribution in [0, 0.1) is 47.3 Å². The van der Waals surface area contributed by atoms with E-state index in [-0.39, 0.29) is 10.8 Å². The van der Waals surface area contributed by atoms with Crippen LogP contribution in [0.1, 0.15) is 155 Å².